The Hall–Kier alpha value is -2.33. The Morgan fingerprint density at radius 1 is 0.857 bits per heavy atom. The fourth-order valence-corrected chi connectivity index (χ4v) is 3.60. The Balaban J connectivity index is 1.56. The molecule has 28 heavy (non-hydrogen) atoms. The third-order valence-electron chi connectivity index (χ3n) is 5.28. The van der Waals surface area contributed by atoms with Crippen LogP contribution in [0.25, 0.3) is 0 Å². The largest absolute Gasteiger partial charge is 0.436 e. The molecule has 3 rings (SSSR count). The zero-order chi connectivity index (χ0) is 19.6. The molecule has 0 saturated carbocycles. The molecule has 1 saturated heterocycles. The zero-order valence-corrected chi connectivity index (χ0v) is 16.6. The fourth-order valence-electron chi connectivity index (χ4n) is 3.60. The van der Waals surface area contributed by atoms with E-state index < -0.39 is 0 Å². The molecule has 1 radical (unpaired) electrons. The average molecular weight is 380 g/mol. The molecule has 2 aromatic carbocycles. The number of hydrogen-bond acceptors (Lipinski definition) is 3. The second-order valence-corrected chi connectivity index (χ2v) is 7.33. The van der Waals surface area contributed by atoms with Gasteiger partial charge >= 0.3 is 6.09 Å². The lowest BCUT2D eigenvalue weighted by Gasteiger charge is -2.35. The first-order chi connectivity index (χ1) is 13.8. The van der Waals surface area contributed by atoms with Crippen LogP contribution in [0.2, 0.25) is 0 Å². The zero-order valence-electron chi connectivity index (χ0n) is 16.6. The van der Waals surface area contributed by atoms with E-state index in [1.165, 1.54) is 19.3 Å². The van der Waals surface area contributed by atoms with Crippen molar-refractivity contribution < 1.29 is 9.53 Å². The molecule has 149 valence electrons. The number of nitrogens with zero attached hydrogens (tertiary/aromatic N) is 2. The first-order valence-corrected chi connectivity index (χ1v) is 10.3. The number of unbranched alkanes of at least 4 members (excludes halogenated alkanes) is 3. The first-order valence-electron chi connectivity index (χ1n) is 10.3. The normalized spacial score (nSPS) is 15.0. The summed E-state index contributed by atoms with van der Waals surface area (Å²) in [6, 6.07) is 19.9. The highest BCUT2D eigenvalue weighted by Crippen LogP contribution is 2.26. The van der Waals surface area contributed by atoms with Crippen molar-refractivity contribution >= 4 is 6.09 Å². The number of carbonyl (C=O) groups is 1. The molecular weight excluding hydrogens is 348 g/mol. The van der Waals surface area contributed by atoms with Crippen molar-refractivity contribution in [2.24, 2.45) is 0 Å². The second-order valence-electron chi connectivity index (χ2n) is 7.33. The van der Waals surface area contributed by atoms with E-state index in [9.17, 15) is 4.79 Å². The van der Waals surface area contributed by atoms with E-state index in [2.05, 4.69) is 11.8 Å². The summed E-state index contributed by atoms with van der Waals surface area (Å²) in [4.78, 5) is 17.1. The summed E-state index contributed by atoms with van der Waals surface area (Å²) in [5.41, 5.74) is 1.98. The number of benzene rings is 2. The number of rotatable bonds is 8. The molecule has 1 aliphatic rings. The van der Waals surface area contributed by atoms with Gasteiger partial charge in [0.2, 0.25) is 0 Å². The summed E-state index contributed by atoms with van der Waals surface area (Å²) in [6.07, 6.45) is 4.06. The van der Waals surface area contributed by atoms with Gasteiger partial charge in [-0.25, -0.2) is 4.79 Å². The van der Waals surface area contributed by atoms with Crippen LogP contribution in [0.15, 0.2) is 60.7 Å². The second kappa shape index (κ2) is 10.9. The predicted molar refractivity (Wildman–Crippen MR) is 113 cm³/mol. The minimum atomic E-state index is -0.379. The van der Waals surface area contributed by atoms with Crippen LogP contribution in [-0.4, -0.2) is 48.6 Å². The quantitative estimate of drug-likeness (QED) is 0.610. The molecule has 4 heteroatoms. The van der Waals surface area contributed by atoms with Crippen LogP contribution in [0.4, 0.5) is 4.79 Å². The monoisotopic (exact) mass is 379 g/mol. The van der Waals surface area contributed by atoms with Crippen LogP contribution in [0.5, 0.6) is 0 Å². The lowest BCUT2D eigenvalue weighted by molar-refractivity contribution is 0.0571. The Kier molecular flexibility index (Phi) is 7.92. The molecule has 0 aromatic heterocycles. The highest BCUT2D eigenvalue weighted by Gasteiger charge is 2.26. The summed E-state index contributed by atoms with van der Waals surface area (Å²) in [6.45, 7) is 8.29. The van der Waals surface area contributed by atoms with Crippen LogP contribution in [0.3, 0.4) is 0 Å². The maximum absolute atomic E-state index is 12.8. The van der Waals surface area contributed by atoms with Crippen molar-refractivity contribution in [3.63, 3.8) is 0 Å². The summed E-state index contributed by atoms with van der Waals surface area (Å²) in [7, 11) is 0. The van der Waals surface area contributed by atoms with Gasteiger partial charge in [0.25, 0.3) is 0 Å². The minimum absolute atomic E-state index is 0.227. The van der Waals surface area contributed by atoms with Gasteiger partial charge in [0.1, 0.15) is 0 Å². The van der Waals surface area contributed by atoms with Crippen molar-refractivity contribution in [2.75, 3.05) is 32.7 Å². The van der Waals surface area contributed by atoms with Crippen molar-refractivity contribution in [1.29, 1.82) is 0 Å². The summed E-state index contributed by atoms with van der Waals surface area (Å²) in [5.74, 6) is 0. The van der Waals surface area contributed by atoms with E-state index in [4.69, 9.17) is 4.74 Å². The molecule has 1 heterocycles. The van der Waals surface area contributed by atoms with Gasteiger partial charge in [-0.2, -0.15) is 0 Å². The average Bonchev–Trinajstić information content (AvgIpc) is 2.76. The molecule has 0 aliphatic carbocycles. The molecule has 2 aromatic rings. The van der Waals surface area contributed by atoms with Crippen molar-refractivity contribution in [3.8, 4) is 0 Å². The minimum Gasteiger partial charge on any atom is -0.436 e. The fraction of sp³-hybridized carbons (Fsp3) is 0.417. The molecule has 4 nitrogen and oxygen atoms in total. The van der Waals surface area contributed by atoms with E-state index >= 15 is 0 Å². The third-order valence-corrected chi connectivity index (χ3v) is 5.28. The van der Waals surface area contributed by atoms with E-state index in [1.54, 1.807) is 0 Å². The van der Waals surface area contributed by atoms with Gasteiger partial charge in [-0.15, -0.1) is 0 Å². The van der Waals surface area contributed by atoms with E-state index in [1.807, 2.05) is 65.6 Å². The Labute approximate surface area is 169 Å². The topological polar surface area (TPSA) is 32.8 Å². The third kappa shape index (κ3) is 5.83. The molecule has 1 fully saturated rings. The molecule has 1 amide bonds. The molecule has 0 spiro atoms. The van der Waals surface area contributed by atoms with Crippen molar-refractivity contribution in [2.45, 2.75) is 31.8 Å². The Bertz CT molecular complexity index is 658. The predicted octanol–water partition coefficient (Wildman–Crippen LogP) is 4.92. The van der Waals surface area contributed by atoms with Crippen LogP contribution in [-0.2, 0) is 4.74 Å². The lowest BCUT2D eigenvalue weighted by Crippen LogP contribution is -2.49. The van der Waals surface area contributed by atoms with Crippen molar-refractivity contribution in [1.82, 2.24) is 9.80 Å². The maximum atomic E-state index is 12.8. The van der Waals surface area contributed by atoms with Gasteiger partial charge in [-0.1, -0.05) is 86.8 Å². The number of carbonyl (C=O) groups excluding carboxylic acids is 1. The number of piperazine rings is 1. The van der Waals surface area contributed by atoms with Gasteiger partial charge in [0.05, 0.1) is 0 Å². The molecule has 0 N–H and O–H groups in total. The summed E-state index contributed by atoms with van der Waals surface area (Å²) in [5, 5.41) is 0. The van der Waals surface area contributed by atoms with Gasteiger partial charge < -0.3 is 9.64 Å². The molecule has 0 unspecified atom stereocenters. The van der Waals surface area contributed by atoms with Crippen LogP contribution in [0, 0.1) is 6.92 Å². The summed E-state index contributed by atoms with van der Waals surface area (Å²) < 4.78 is 5.97. The molecule has 0 bridgehead atoms. The molecule has 1 aliphatic heterocycles. The van der Waals surface area contributed by atoms with E-state index in [0.717, 1.165) is 50.3 Å². The van der Waals surface area contributed by atoms with E-state index in [-0.39, 0.29) is 12.2 Å². The lowest BCUT2D eigenvalue weighted by atomic mass is 10.0. The van der Waals surface area contributed by atoms with Crippen molar-refractivity contribution in [3.05, 3.63) is 78.7 Å². The van der Waals surface area contributed by atoms with Gasteiger partial charge in [0, 0.05) is 26.2 Å². The highest BCUT2D eigenvalue weighted by molar-refractivity contribution is 5.68. The highest BCUT2D eigenvalue weighted by atomic mass is 16.6. The van der Waals surface area contributed by atoms with Gasteiger partial charge in [-0.05, 0) is 24.1 Å². The Morgan fingerprint density at radius 3 is 1.96 bits per heavy atom. The Morgan fingerprint density at radius 2 is 1.43 bits per heavy atom. The standard InChI is InChI=1S/C24H31N2O2/c1-2-3-4-11-16-25-17-19-26(20-18-25)24(27)28-23(21-12-7-5-8-13-21)22-14-9-6-10-15-22/h5-10,12-15,23H,1-4,11,16-20H2. The van der Waals surface area contributed by atoms with Crippen LogP contribution in [0.1, 0.15) is 42.9 Å². The maximum Gasteiger partial charge on any atom is 0.410 e. The first kappa shape index (κ1) is 20.4. The summed E-state index contributed by atoms with van der Waals surface area (Å²) >= 11 is 0. The number of hydrogen-bond donors (Lipinski definition) is 0. The van der Waals surface area contributed by atoms with Crippen LogP contribution >= 0.6 is 0 Å². The smallest absolute Gasteiger partial charge is 0.410 e. The van der Waals surface area contributed by atoms with Gasteiger partial charge in [0.15, 0.2) is 6.10 Å². The molecule has 0 atom stereocenters. The van der Waals surface area contributed by atoms with Gasteiger partial charge in [-0.3, -0.25) is 4.90 Å². The number of ether oxygens (including phenoxy) is 1. The SMILES string of the molecule is [CH2]CCCCCN1CCN(C(=O)OC(c2ccccc2)c2ccccc2)CC1. The van der Waals surface area contributed by atoms with E-state index in [0.29, 0.717) is 0 Å². The number of amides is 1. The van der Waals surface area contributed by atoms with Crippen LogP contribution < -0.4 is 0 Å². The molecular formula is C24H31N2O2.